The first-order valence-corrected chi connectivity index (χ1v) is 8.00. The van der Waals surface area contributed by atoms with E-state index in [4.69, 9.17) is 0 Å². The standard InChI is InChI=1S/C17H16N6O2/c1-10-20-17(25)23(22-10)14-6-4-13(5-7-14)21-16(24)12-8-18-15(19-9-12)11-2-3-11/h4-9,11H,2-3H2,1H3,(H,21,24)(H,20,22,25). The van der Waals surface area contributed by atoms with Gasteiger partial charge in [-0.2, -0.15) is 9.78 Å². The molecule has 0 aliphatic heterocycles. The van der Waals surface area contributed by atoms with Crippen molar-refractivity contribution in [2.45, 2.75) is 25.7 Å². The summed E-state index contributed by atoms with van der Waals surface area (Å²) in [7, 11) is 0. The van der Waals surface area contributed by atoms with Crippen LogP contribution in [0.15, 0.2) is 41.5 Å². The van der Waals surface area contributed by atoms with E-state index in [1.807, 2.05) is 0 Å². The van der Waals surface area contributed by atoms with Gasteiger partial charge in [0.1, 0.15) is 11.6 Å². The molecule has 0 radical (unpaired) electrons. The van der Waals surface area contributed by atoms with Gasteiger partial charge in [0, 0.05) is 24.0 Å². The highest BCUT2D eigenvalue weighted by Crippen LogP contribution is 2.37. The molecule has 1 fully saturated rings. The van der Waals surface area contributed by atoms with Crippen LogP contribution in [0.25, 0.3) is 5.69 Å². The van der Waals surface area contributed by atoms with Gasteiger partial charge in [-0.3, -0.25) is 9.78 Å². The SMILES string of the molecule is Cc1nn(-c2ccc(NC(=O)c3cnc(C4CC4)nc3)cc2)c(=O)[nH]1. The van der Waals surface area contributed by atoms with E-state index in [2.05, 4.69) is 25.4 Å². The van der Waals surface area contributed by atoms with Crippen LogP contribution in [0, 0.1) is 6.92 Å². The van der Waals surface area contributed by atoms with Crippen molar-refractivity contribution in [1.29, 1.82) is 0 Å². The molecule has 2 N–H and O–H groups in total. The minimum atomic E-state index is -0.304. The minimum Gasteiger partial charge on any atom is -0.322 e. The van der Waals surface area contributed by atoms with Gasteiger partial charge < -0.3 is 5.32 Å². The molecule has 25 heavy (non-hydrogen) atoms. The third-order valence-corrected chi connectivity index (χ3v) is 3.98. The van der Waals surface area contributed by atoms with Crippen LogP contribution in [-0.4, -0.2) is 30.6 Å². The second kappa shape index (κ2) is 5.97. The van der Waals surface area contributed by atoms with Gasteiger partial charge in [-0.1, -0.05) is 0 Å². The maximum atomic E-state index is 12.3. The summed E-state index contributed by atoms with van der Waals surface area (Å²) in [5.74, 6) is 1.53. The molecule has 0 bridgehead atoms. The Morgan fingerprint density at radius 1 is 1.20 bits per heavy atom. The van der Waals surface area contributed by atoms with Crippen molar-refractivity contribution in [1.82, 2.24) is 24.7 Å². The molecule has 3 aromatic rings. The smallest absolute Gasteiger partial charge is 0.322 e. The van der Waals surface area contributed by atoms with Crippen LogP contribution >= 0.6 is 0 Å². The molecule has 1 aliphatic carbocycles. The number of nitrogens with one attached hydrogen (secondary N) is 2. The van der Waals surface area contributed by atoms with Crippen molar-refractivity contribution in [3.05, 3.63) is 64.4 Å². The lowest BCUT2D eigenvalue weighted by Crippen LogP contribution is -2.16. The molecule has 1 aromatic carbocycles. The number of aromatic nitrogens is 5. The normalized spacial score (nSPS) is 13.6. The van der Waals surface area contributed by atoms with E-state index in [1.54, 1.807) is 43.6 Å². The van der Waals surface area contributed by atoms with Gasteiger partial charge >= 0.3 is 5.69 Å². The Morgan fingerprint density at radius 2 is 1.88 bits per heavy atom. The third-order valence-electron chi connectivity index (χ3n) is 3.98. The molecule has 126 valence electrons. The summed E-state index contributed by atoms with van der Waals surface area (Å²) in [6, 6.07) is 6.85. The average Bonchev–Trinajstić information content (AvgIpc) is 3.40. The van der Waals surface area contributed by atoms with Gasteiger partial charge in [-0.25, -0.2) is 14.8 Å². The first kappa shape index (κ1) is 15.3. The predicted molar refractivity (Wildman–Crippen MR) is 90.9 cm³/mol. The fourth-order valence-electron chi connectivity index (χ4n) is 2.50. The second-order valence-corrected chi connectivity index (χ2v) is 6.03. The molecule has 1 aliphatic rings. The van der Waals surface area contributed by atoms with Crippen LogP contribution in [0.4, 0.5) is 5.69 Å². The predicted octanol–water partition coefficient (Wildman–Crippen LogP) is 1.79. The molecule has 0 saturated heterocycles. The van der Waals surface area contributed by atoms with Gasteiger partial charge in [0.05, 0.1) is 11.3 Å². The summed E-state index contributed by atoms with van der Waals surface area (Å²) in [4.78, 5) is 35.1. The number of aromatic amines is 1. The number of hydrogen-bond donors (Lipinski definition) is 2. The van der Waals surface area contributed by atoms with E-state index in [0.29, 0.717) is 28.7 Å². The van der Waals surface area contributed by atoms with E-state index in [1.165, 1.54) is 4.68 Å². The Hall–Kier alpha value is -3.29. The molecule has 2 aromatic heterocycles. The van der Waals surface area contributed by atoms with Gasteiger partial charge in [0.15, 0.2) is 0 Å². The maximum absolute atomic E-state index is 12.3. The summed E-state index contributed by atoms with van der Waals surface area (Å²) in [6.45, 7) is 1.71. The van der Waals surface area contributed by atoms with Crippen LogP contribution in [0.5, 0.6) is 0 Å². The van der Waals surface area contributed by atoms with Crippen LogP contribution in [0.1, 0.15) is 40.8 Å². The number of carbonyl (C=O) groups excluding carboxylic acids is 1. The fourth-order valence-corrected chi connectivity index (χ4v) is 2.50. The molecule has 0 atom stereocenters. The molecule has 1 saturated carbocycles. The molecule has 8 heteroatoms. The molecule has 0 unspecified atom stereocenters. The monoisotopic (exact) mass is 336 g/mol. The molecule has 8 nitrogen and oxygen atoms in total. The van der Waals surface area contributed by atoms with Crippen LogP contribution < -0.4 is 11.0 Å². The van der Waals surface area contributed by atoms with Crippen LogP contribution in [0.2, 0.25) is 0 Å². The first-order valence-electron chi connectivity index (χ1n) is 8.00. The highest BCUT2D eigenvalue weighted by molar-refractivity contribution is 6.03. The second-order valence-electron chi connectivity index (χ2n) is 6.03. The van der Waals surface area contributed by atoms with Crippen molar-refractivity contribution in [2.75, 3.05) is 5.32 Å². The molecular formula is C17H16N6O2. The highest BCUT2D eigenvalue weighted by atomic mass is 16.2. The number of H-pyrrole nitrogens is 1. The van der Waals surface area contributed by atoms with Crippen molar-refractivity contribution < 1.29 is 4.79 Å². The Balaban J connectivity index is 1.47. The van der Waals surface area contributed by atoms with E-state index < -0.39 is 0 Å². The van der Waals surface area contributed by atoms with Crippen LogP contribution in [0.3, 0.4) is 0 Å². The van der Waals surface area contributed by atoms with E-state index >= 15 is 0 Å². The molecule has 1 amide bonds. The van der Waals surface area contributed by atoms with Crippen molar-refractivity contribution in [2.24, 2.45) is 0 Å². The number of nitrogens with zero attached hydrogens (tertiary/aromatic N) is 4. The number of rotatable bonds is 4. The van der Waals surface area contributed by atoms with E-state index in [0.717, 1.165) is 18.7 Å². The molecule has 0 spiro atoms. The largest absolute Gasteiger partial charge is 0.348 e. The number of amides is 1. The topological polar surface area (TPSA) is 106 Å². The van der Waals surface area contributed by atoms with Gasteiger partial charge in [0.2, 0.25) is 0 Å². The summed E-state index contributed by atoms with van der Waals surface area (Å²) in [6.07, 6.45) is 5.35. The lowest BCUT2D eigenvalue weighted by molar-refractivity contribution is 0.102. The maximum Gasteiger partial charge on any atom is 0.348 e. The van der Waals surface area contributed by atoms with Crippen molar-refractivity contribution in [3.8, 4) is 5.69 Å². The number of benzene rings is 1. The van der Waals surface area contributed by atoms with Gasteiger partial charge in [0.25, 0.3) is 5.91 Å². The van der Waals surface area contributed by atoms with Gasteiger partial charge in [-0.05, 0) is 44.0 Å². The Bertz CT molecular complexity index is 968. The van der Waals surface area contributed by atoms with Crippen molar-refractivity contribution >= 4 is 11.6 Å². The lowest BCUT2D eigenvalue weighted by Gasteiger charge is -2.06. The Labute approximate surface area is 143 Å². The van der Waals surface area contributed by atoms with E-state index in [9.17, 15) is 9.59 Å². The summed E-state index contributed by atoms with van der Waals surface area (Å²) < 4.78 is 1.27. The quantitative estimate of drug-likeness (QED) is 0.755. The number of hydrogen-bond acceptors (Lipinski definition) is 5. The summed E-state index contributed by atoms with van der Waals surface area (Å²) in [5, 5.41) is 6.88. The Morgan fingerprint density at radius 3 is 2.44 bits per heavy atom. The minimum absolute atomic E-state index is 0.275. The lowest BCUT2D eigenvalue weighted by atomic mass is 10.2. The fraction of sp³-hybridized carbons (Fsp3) is 0.235. The summed E-state index contributed by atoms with van der Waals surface area (Å²) in [5.41, 5.74) is 1.33. The summed E-state index contributed by atoms with van der Waals surface area (Å²) >= 11 is 0. The van der Waals surface area contributed by atoms with Crippen molar-refractivity contribution in [3.63, 3.8) is 0 Å². The molecule has 2 heterocycles. The third kappa shape index (κ3) is 3.18. The van der Waals surface area contributed by atoms with E-state index in [-0.39, 0.29) is 11.6 Å². The zero-order valence-corrected chi connectivity index (χ0v) is 13.6. The first-order chi connectivity index (χ1) is 12.1. The zero-order chi connectivity index (χ0) is 17.4. The number of aryl methyl sites for hydroxylation is 1. The Kier molecular flexibility index (Phi) is 3.64. The number of carbonyl (C=O) groups is 1. The highest BCUT2D eigenvalue weighted by Gasteiger charge is 2.26. The van der Waals surface area contributed by atoms with Gasteiger partial charge in [-0.15, -0.1) is 0 Å². The van der Waals surface area contributed by atoms with Crippen LogP contribution in [-0.2, 0) is 0 Å². The average molecular weight is 336 g/mol. The molecule has 4 rings (SSSR count). The molecular weight excluding hydrogens is 320 g/mol. The zero-order valence-electron chi connectivity index (χ0n) is 13.6. The number of anilines is 1.